The molecule has 26 heavy (non-hydrogen) atoms. The summed E-state index contributed by atoms with van der Waals surface area (Å²) in [5.41, 5.74) is 4.04. The van der Waals surface area contributed by atoms with Crippen molar-refractivity contribution in [1.82, 2.24) is 10.2 Å². The molecule has 1 saturated heterocycles. The average Bonchev–Trinajstić information content (AvgIpc) is 3.43. The fourth-order valence-electron chi connectivity index (χ4n) is 3.75. The number of hydrogen-bond acceptors (Lipinski definition) is 2. The van der Waals surface area contributed by atoms with E-state index in [1.807, 2.05) is 41.3 Å². The van der Waals surface area contributed by atoms with Gasteiger partial charge in [-0.3, -0.25) is 9.59 Å². The third kappa shape index (κ3) is 3.50. The number of hydrogen-bond donors (Lipinski definition) is 1. The van der Waals surface area contributed by atoms with E-state index < -0.39 is 0 Å². The Morgan fingerprint density at radius 2 is 1.96 bits per heavy atom. The molecule has 2 amide bonds. The number of carbonyl (C=O) groups is 2. The van der Waals surface area contributed by atoms with Crippen molar-refractivity contribution in [3.63, 3.8) is 0 Å². The van der Waals surface area contributed by atoms with Crippen molar-refractivity contribution in [2.75, 3.05) is 13.1 Å². The average molecular weight is 348 g/mol. The molecule has 2 aromatic rings. The second kappa shape index (κ2) is 6.94. The molecular weight excluding hydrogens is 324 g/mol. The molecule has 0 radical (unpaired) electrons. The Kier molecular flexibility index (Phi) is 4.49. The van der Waals surface area contributed by atoms with Gasteiger partial charge in [-0.05, 0) is 48.6 Å². The summed E-state index contributed by atoms with van der Waals surface area (Å²) in [6.07, 6.45) is 2.83. The first kappa shape index (κ1) is 16.8. The van der Waals surface area contributed by atoms with E-state index in [9.17, 15) is 9.59 Å². The molecule has 0 bridgehead atoms. The van der Waals surface area contributed by atoms with E-state index in [4.69, 9.17) is 0 Å². The van der Waals surface area contributed by atoms with E-state index in [1.54, 1.807) is 0 Å². The number of benzene rings is 2. The van der Waals surface area contributed by atoms with E-state index in [-0.39, 0.29) is 17.7 Å². The molecule has 134 valence electrons. The van der Waals surface area contributed by atoms with Crippen molar-refractivity contribution >= 4 is 11.8 Å². The van der Waals surface area contributed by atoms with Gasteiger partial charge in [0.1, 0.15) is 0 Å². The fourth-order valence-corrected chi connectivity index (χ4v) is 3.75. The number of nitrogens with zero attached hydrogens (tertiary/aromatic N) is 1. The second-order valence-electron chi connectivity index (χ2n) is 7.45. The molecule has 4 nitrogen and oxygen atoms in total. The van der Waals surface area contributed by atoms with Crippen LogP contribution in [-0.4, -0.2) is 35.8 Å². The Bertz CT molecular complexity index is 842. The molecule has 1 saturated carbocycles. The smallest absolute Gasteiger partial charge is 0.251 e. The molecular formula is C22H24N2O2. The lowest BCUT2D eigenvalue weighted by Gasteiger charge is -2.16. The van der Waals surface area contributed by atoms with E-state index in [1.165, 1.54) is 5.56 Å². The minimum absolute atomic E-state index is 0.0715. The van der Waals surface area contributed by atoms with Gasteiger partial charge in [0.15, 0.2) is 0 Å². The molecule has 4 heteroatoms. The molecule has 0 aromatic heterocycles. The van der Waals surface area contributed by atoms with Crippen molar-refractivity contribution in [3.8, 4) is 11.1 Å². The Morgan fingerprint density at radius 1 is 1.15 bits per heavy atom. The highest BCUT2D eigenvalue weighted by atomic mass is 16.2. The molecule has 4 rings (SSSR count). The van der Waals surface area contributed by atoms with Crippen LogP contribution >= 0.6 is 0 Å². The molecule has 1 atom stereocenters. The zero-order chi connectivity index (χ0) is 18.1. The fraction of sp³-hybridized carbons (Fsp3) is 0.364. The standard InChI is InChI=1S/C22H24N2O2/c1-15-5-2-3-8-20(15)17-6-4-7-18(12-17)22(26)23-13-16-11-21(25)24(14-16)19-9-10-19/h2-8,12,16,19H,9-11,13-14H2,1H3,(H,23,26)/t16-/m1/s1. The van der Waals surface area contributed by atoms with E-state index in [0.29, 0.717) is 24.6 Å². The van der Waals surface area contributed by atoms with Crippen LogP contribution in [0.25, 0.3) is 11.1 Å². The van der Waals surface area contributed by atoms with Gasteiger partial charge in [0.2, 0.25) is 5.91 Å². The molecule has 0 spiro atoms. The molecule has 1 aliphatic heterocycles. The maximum atomic E-state index is 12.6. The van der Waals surface area contributed by atoms with E-state index in [0.717, 1.165) is 30.5 Å². The van der Waals surface area contributed by atoms with Gasteiger partial charge in [-0.1, -0.05) is 36.4 Å². The van der Waals surface area contributed by atoms with Crippen molar-refractivity contribution in [1.29, 1.82) is 0 Å². The maximum Gasteiger partial charge on any atom is 0.251 e. The van der Waals surface area contributed by atoms with Gasteiger partial charge in [-0.25, -0.2) is 0 Å². The summed E-state index contributed by atoms with van der Waals surface area (Å²) in [7, 11) is 0. The van der Waals surface area contributed by atoms with E-state index >= 15 is 0 Å². The van der Waals surface area contributed by atoms with Crippen molar-refractivity contribution in [2.24, 2.45) is 5.92 Å². The predicted molar refractivity (Wildman–Crippen MR) is 102 cm³/mol. The highest BCUT2D eigenvalue weighted by Gasteiger charge is 2.39. The van der Waals surface area contributed by atoms with Gasteiger partial charge >= 0.3 is 0 Å². The third-order valence-corrected chi connectivity index (χ3v) is 5.36. The molecule has 1 aliphatic carbocycles. The topological polar surface area (TPSA) is 49.4 Å². The van der Waals surface area contributed by atoms with Gasteiger partial charge in [0.05, 0.1) is 0 Å². The summed E-state index contributed by atoms with van der Waals surface area (Å²) < 4.78 is 0. The number of rotatable bonds is 5. The van der Waals surface area contributed by atoms with Crippen LogP contribution < -0.4 is 5.32 Å². The van der Waals surface area contributed by atoms with Crippen LogP contribution in [0.4, 0.5) is 0 Å². The van der Waals surface area contributed by atoms with Gasteiger partial charge < -0.3 is 10.2 Å². The summed E-state index contributed by atoms with van der Waals surface area (Å²) in [6.45, 7) is 3.42. The zero-order valence-electron chi connectivity index (χ0n) is 15.1. The number of carbonyl (C=O) groups excluding carboxylic acids is 2. The normalized spacial score (nSPS) is 19.7. The first-order chi connectivity index (χ1) is 12.6. The molecule has 1 heterocycles. The lowest BCUT2D eigenvalue weighted by molar-refractivity contribution is -0.128. The van der Waals surface area contributed by atoms with Crippen molar-refractivity contribution < 1.29 is 9.59 Å². The first-order valence-corrected chi connectivity index (χ1v) is 9.35. The largest absolute Gasteiger partial charge is 0.352 e. The minimum Gasteiger partial charge on any atom is -0.352 e. The summed E-state index contributed by atoms with van der Waals surface area (Å²) in [5.74, 6) is 0.401. The summed E-state index contributed by atoms with van der Waals surface area (Å²) >= 11 is 0. The lowest BCUT2D eigenvalue weighted by Crippen LogP contribution is -2.32. The van der Waals surface area contributed by atoms with Gasteiger partial charge in [-0.2, -0.15) is 0 Å². The minimum atomic E-state index is -0.0715. The Balaban J connectivity index is 1.40. The van der Waals surface area contributed by atoms with Crippen LogP contribution in [0.15, 0.2) is 48.5 Å². The summed E-state index contributed by atoms with van der Waals surface area (Å²) in [6, 6.07) is 16.4. The highest BCUT2D eigenvalue weighted by Crippen LogP contribution is 2.32. The van der Waals surface area contributed by atoms with Crippen LogP contribution in [0.3, 0.4) is 0 Å². The van der Waals surface area contributed by atoms with Crippen LogP contribution in [0, 0.1) is 12.8 Å². The number of likely N-dealkylation sites (tertiary alicyclic amines) is 1. The van der Waals surface area contributed by atoms with Gasteiger partial charge in [0, 0.05) is 37.0 Å². The van der Waals surface area contributed by atoms with Crippen LogP contribution in [0.5, 0.6) is 0 Å². The van der Waals surface area contributed by atoms with Crippen LogP contribution in [0.1, 0.15) is 35.2 Å². The third-order valence-electron chi connectivity index (χ3n) is 5.36. The SMILES string of the molecule is Cc1ccccc1-c1cccc(C(=O)NC[C@H]2CC(=O)N(C3CC3)C2)c1. The predicted octanol–water partition coefficient (Wildman–Crippen LogP) is 3.40. The highest BCUT2D eigenvalue weighted by molar-refractivity contribution is 5.95. The van der Waals surface area contributed by atoms with Crippen LogP contribution in [0.2, 0.25) is 0 Å². The van der Waals surface area contributed by atoms with Gasteiger partial charge in [-0.15, -0.1) is 0 Å². The maximum absolute atomic E-state index is 12.6. The van der Waals surface area contributed by atoms with Gasteiger partial charge in [0.25, 0.3) is 5.91 Å². The Morgan fingerprint density at radius 3 is 2.73 bits per heavy atom. The number of aryl methyl sites for hydroxylation is 1. The molecule has 0 unspecified atom stereocenters. The first-order valence-electron chi connectivity index (χ1n) is 9.35. The zero-order valence-corrected chi connectivity index (χ0v) is 15.1. The number of nitrogens with one attached hydrogen (secondary N) is 1. The van der Waals surface area contributed by atoms with Crippen LogP contribution in [-0.2, 0) is 4.79 Å². The lowest BCUT2D eigenvalue weighted by atomic mass is 9.99. The second-order valence-corrected chi connectivity index (χ2v) is 7.45. The Hall–Kier alpha value is -2.62. The number of amides is 2. The molecule has 2 fully saturated rings. The monoisotopic (exact) mass is 348 g/mol. The van der Waals surface area contributed by atoms with Crippen molar-refractivity contribution in [2.45, 2.75) is 32.2 Å². The Labute approximate surface area is 154 Å². The summed E-state index contributed by atoms with van der Waals surface area (Å²) in [4.78, 5) is 26.6. The molecule has 2 aliphatic rings. The van der Waals surface area contributed by atoms with Crippen molar-refractivity contribution in [3.05, 3.63) is 59.7 Å². The molecule has 2 aromatic carbocycles. The molecule has 1 N–H and O–H groups in total. The van der Waals surface area contributed by atoms with E-state index in [2.05, 4.69) is 24.4 Å². The summed E-state index contributed by atoms with van der Waals surface area (Å²) in [5, 5.41) is 3.02. The quantitative estimate of drug-likeness (QED) is 0.900.